The van der Waals surface area contributed by atoms with Crippen LogP contribution in [-0.4, -0.2) is 11.7 Å². The zero-order valence-electron chi connectivity index (χ0n) is 19.6. The Labute approximate surface area is 215 Å². The molecule has 4 nitrogen and oxygen atoms in total. The maximum Gasteiger partial charge on any atom is 0.232 e. The fourth-order valence-electron chi connectivity index (χ4n) is 5.08. The molecule has 1 aliphatic heterocycles. The van der Waals surface area contributed by atoms with E-state index in [1.165, 1.54) is 0 Å². The Morgan fingerprint density at radius 2 is 1.57 bits per heavy atom. The van der Waals surface area contributed by atoms with Gasteiger partial charge in [-0.1, -0.05) is 73.4 Å². The molecule has 1 heterocycles. The molecule has 35 heavy (non-hydrogen) atoms. The number of rotatable bonds is 3. The minimum absolute atomic E-state index is 0.0563. The van der Waals surface area contributed by atoms with Gasteiger partial charge < -0.3 is 5.32 Å². The van der Waals surface area contributed by atoms with E-state index >= 15 is 0 Å². The molecule has 0 aromatic heterocycles. The number of benzene rings is 3. The second-order valence-electron chi connectivity index (χ2n) is 10.00. The number of nitrogens with zero attached hydrogens (tertiary/aromatic N) is 1. The van der Waals surface area contributed by atoms with Gasteiger partial charge in [0.1, 0.15) is 0 Å². The van der Waals surface area contributed by atoms with Gasteiger partial charge in [0, 0.05) is 27.7 Å². The number of amides is 1. The lowest BCUT2D eigenvalue weighted by Gasteiger charge is -2.37. The zero-order chi connectivity index (χ0) is 24.7. The van der Waals surface area contributed by atoms with E-state index < -0.39 is 6.04 Å². The number of anilines is 2. The molecule has 0 bridgehead atoms. The SMILES string of the molecule is CC1(C)CC(=O)C2=C(C1)Nc1ccccc1N(C(=O)Cc1ccc(Cl)cc1)[C@H]2c1ccc(Cl)cc1. The maximum absolute atomic E-state index is 14.0. The van der Waals surface area contributed by atoms with Crippen LogP contribution in [0, 0.1) is 5.41 Å². The molecule has 1 amide bonds. The van der Waals surface area contributed by atoms with Gasteiger partial charge in [0.15, 0.2) is 5.78 Å². The average molecular weight is 505 g/mol. The lowest BCUT2D eigenvalue weighted by atomic mass is 9.73. The van der Waals surface area contributed by atoms with Crippen molar-refractivity contribution in [1.82, 2.24) is 0 Å². The molecule has 0 unspecified atom stereocenters. The first-order valence-electron chi connectivity index (χ1n) is 11.7. The highest BCUT2D eigenvalue weighted by molar-refractivity contribution is 6.30. The van der Waals surface area contributed by atoms with Gasteiger partial charge in [-0.25, -0.2) is 0 Å². The Morgan fingerprint density at radius 3 is 2.26 bits per heavy atom. The number of ketones is 1. The first-order valence-corrected chi connectivity index (χ1v) is 12.4. The maximum atomic E-state index is 14.0. The van der Waals surface area contributed by atoms with Crippen LogP contribution in [0.4, 0.5) is 11.4 Å². The molecule has 3 aromatic rings. The summed E-state index contributed by atoms with van der Waals surface area (Å²) in [6.45, 7) is 4.21. The second kappa shape index (κ2) is 9.18. The van der Waals surface area contributed by atoms with Crippen LogP contribution >= 0.6 is 23.2 Å². The van der Waals surface area contributed by atoms with Crippen molar-refractivity contribution >= 4 is 46.3 Å². The highest BCUT2D eigenvalue weighted by atomic mass is 35.5. The average Bonchev–Trinajstić information content (AvgIpc) is 2.94. The molecular weight excluding hydrogens is 479 g/mol. The molecule has 3 aromatic carbocycles. The van der Waals surface area contributed by atoms with Crippen LogP contribution in [0.25, 0.3) is 0 Å². The van der Waals surface area contributed by atoms with Crippen LogP contribution in [0.5, 0.6) is 0 Å². The molecule has 5 rings (SSSR count). The monoisotopic (exact) mass is 504 g/mol. The van der Waals surface area contributed by atoms with Crippen LogP contribution < -0.4 is 10.2 Å². The van der Waals surface area contributed by atoms with Crippen molar-refractivity contribution < 1.29 is 9.59 Å². The number of carbonyl (C=O) groups excluding carboxylic acids is 2. The Kier molecular flexibility index (Phi) is 6.20. The highest BCUT2D eigenvalue weighted by Crippen LogP contribution is 2.48. The van der Waals surface area contributed by atoms with E-state index in [1.807, 2.05) is 48.5 Å². The third kappa shape index (κ3) is 4.73. The van der Waals surface area contributed by atoms with E-state index in [0.717, 1.165) is 28.2 Å². The van der Waals surface area contributed by atoms with Crippen LogP contribution in [-0.2, 0) is 16.0 Å². The van der Waals surface area contributed by atoms with Gasteiger partial charge in [-0.15, -0.1) is 0 Å². The van der Waals surface area contributed by atoms with Gasteiger partial charge in [0.2, 0.25) is 5.91 Å². The minimum Gasteiger partial charge on any atom is -0.357 e. The fourth-order valence-corrected chi connectivity index (χ4v) is 5.34. The number of hydrogen-bond acceptors (Lipinski definition) is 3. The predicted molar refractivity (Wildman–Crippen MR) is 142 cm³/mol. The van der Waals surface area contributed by atoms with E-state index in [0.29, 0.717) is 28.5 Å². The van der Waals surface area contributed by atoms with Gasteiger partial charge in [-0.2, -0.15) is 0 Å². The summed E-state index contributed by atoms with van der Waals surface area (Å²) in [7, 11) is 0. The molecule has 0 radical (unpaired) electrons. The Balaban J connectivity index is 1.70. The van der Waals surface area contributed by atoms with E-state index in [9.17, 15) is 9.59 Å². The van der Waals surface area contributed by atoms with Crippen molar-refractivity contribution in [3.63, 3.8) is 0 Å². The van der Waals surface area contributed by atoms with Crippen molar-refractivity contribution in [2.24, 2.45) is 5.41 Å². The summed E-state index contributed by atoms with van der Waals surface area (Å²) in [6.07, 6.45) is 1.32. The molecule has 178 valence electrons. The summed E-state index contributed by atoms with van der Waals surface area (Å²) in [5.74, 6) is -0.0475. The third-order valence-electron chi connectivity index (χ3n) is 6.62. The second-order valence-corrected chi connectivity index (χ2v) is 10.9. The number of fused-ring (bicyclic) bond motifs is 1. The Hall–Kier alpha value is -3.08. The van der Waals surface area contributed by atoms with Gasteiger partial charge in [0.05, 0.1) is 23.8 Å². The normalized spacial score (nSPS) is 18.9. The first-order chi connectivity index (χ1) is 16.7. The number of para-hydroxylation sites is 2. The summed E-state index contributed by atoms with van der Waals surface area (Å²) >= 11 is 12.3. The fraction of sp³-hybridized carbons (Fsp3) is 0.241. The summed E-state index contributed by atoms with van der Waals surface area (Å²) in [5.41, 5.74) is 4.60. The summed E-state index contributed by atoms with van der Waals surface area (Å²) in [4.78, 5) is 29.5. The van der Waals surface area contributed by atoms with Crippen LogP contribution in [0.3, 0.4) is 0 Å². The quantitative estimate of drug-likeness (QED) is 0.404. The van der Waals surface area contributed by atoms with Crippen molar-refractivity contribution in [3.8, 4) is 0 Å². The first kappa shape index (κ1) is 23.7. The van der Waals surface area contributed by atoms with Gasteiger partial charge in [0.25, 0.3) is 0 Å². The van der Waals surface area contributed by atoms with Crippen LogP contribution in [0.15, 0.2) is 84.1 Å². The molecule has 0 spiro atoms. The summed E-state index contributed by atoms with van der Waals surface area (Å²) in [5, 5.41) is 4.76. The van der Waals surface area contributed by atoms with Crippen LogP contribution in [0.1, 0.15) is 43.9 Å². The van der Waals surface area contributed by atoms with Crippen LogP contribution in [0.2, 0.25) is 10.0 Å². The molecule has 0 saturated carbocycles. The zero-order valence-corrected chi connectivity index (χ0v) is 21.2. The summed E-state index contributed by atoms with van der Waals surface area (Å²) < 4.78 is 0. The van der Waals surface area contributed by atoms with Crippen molar-refractivity contribution in [3.05, 3.63) is 105 Å². The molecular formula is C29H26Cl2N2O2. The van der Waals surface area contributed by atoms with E-state index in [4.69, 9.17) is 23.2 Å². The third-order valence-corrected chi connectivity index (χ3v) is 7.13. The standard InChI is InChI=1S/C29H26Cl2N2O2/c1-29(2)16-23-27(25(34)17-29)28(19-9-13-21(31)14-10-19)33(24-6-4-3-5-22(24)32-23)26(35)15-18-7-11-20(30)12-8-18/h3-14,28,32H,15-17H2,1-2H3/t28-/m0/s1. The van der Waals surface area contributed by atoms with Gasteiger partial charge >= 0.3 is 0 Å². The van der Waals surface area contributed by atoms with Gasteiger partial charge in [-0.3, -0.25) is 14.5 Å². The van der Waals surface area contributed by atoms with E-state index in [-0.39, 0.29) is 23.5 Å². The molecule has 1 aliphatic carbocycles. The Bertz CT molecular complexity index is 1330. The number of nitrogens with one attached hydrogen (secondary N) is 1. The smallest absolute Gasteiger partial charge is 0.232 e. The number of hydrogen-bond donors (Lipinski definition) is 1. The lowest BCUT2D eigenvalue weighted by molar-refractivity contribution is -0.119. The van der Waals surface area contributed by atoms with E-state index in [1.54, 1.807) is 29.2 Å². The van der Waals surface area contributed by atoms with Crippen molar-refractivity contribution in [2.45, 2.75) is 39.2 Å². The molecule has 0 fully saturated rings. The van der Waals surface area contributed by atoms with E-state index in [2.05, 4.69) is 19.2 Å². The Morgan fingerprint density at radius 1 is 0.943 bits per heavy atom. The predicted octanol–water partition coefficient (Wildman–Crippen LogP) is 7.38. The minimum atomic E-state index is -0.568. The molecule has 1 N–H and O–H groups in total. The lowest BCUT2D eigenvalue weighted by Crippen LogP contribution is -2.40. The highest BCUT2D eigenvalue weighted by Gasteiger charge is 2.43. The molecule has 6 heteroatoms. The summed E-state index contributed by atoms with van der Waals surface area (Å²) in [6, 6.07) is 21.9. The van der Waals surface area contributed by atoms with Crippen molar-refractivity contribution in [1.29, 1.82) is 0 Å². The number of Topliss-reactive ketones (excluding diaryl/α,β-unsaturated/α-hetero) is 1. The number of carbonyl (C=O) groups is 2. The molecule has 1 atom stereocenters. The van der Waals surface area contributed by atoms with Crippen molar-refractivity contribution in [2.75, 3.05) is 10.2 Å². The largest absolute Gasteiger partial charge is 0.357 e. The topological polar surface area (TPSA) is 49.4 Å². The molecule has 0 saturated heterocycles. The van der Waals surface area contributed by atoms with Gasteiger partial charge in [-0.05, 0) is 59.4 Å². The molecule has 2 aliphatic rings. The number of allylic oxidation sites excluding steroid dienone is 1. The number of halogens is 2.